The van der Waals surface area contributed by atoms with Crippen LogP contribution in [-0.2, 0) is 6.54 Å². The molecule has 1 heterocycles. The fourth-order valence-corrected chi connectivity index (χ4v) is 2.70. The summed E-state index contributed by atoms with van der Waals surface area (Å²) in [5.74, 6) is 0.611. The Kier molecular flexibility index (Phi) is 4.23. The van der Waals surface area contributed by atoms with E-state index in [1.54, 1.807) is 0 Å². The average molecular weight is 297 g/mol. The summed E-state index contributed by atoms with van der Waals surface area (Å²) >= 11 is 3.54. The van der Waals surface area contributed by atoms with Crippen LogP contribution in [0.25, 0.3) is 0 Å². The van der Waals surface area contributed by atoms with Gasteiger partial charge in [0.1, 0.15) is 0 Å². The summed E-state index contributed by atoms with van der Waals surface area (Å²) in [5.41, 5.74) is 8.75. The first kappa shape index (κ1) is 13.1. The zero-order chi connectivity index (χ0) is 12.4. The first-order chi connectivity index (χ1) is 8.06. The minimum atomic E-state index is 0.387. The summed E-state index contributed by atoms with van der Waals surface area (Å²) in [5, 5.41) is 0. The molecule has 2 rings (SSSR count). The second-order valence-corrected chi connectivity index (χ2v) is 6.10. The maximum absolute atomic E-state index is 6.04. The van der Waals surface area contributed by atoms with Crippen LogP contribution in [-0.4, -0.2) is 24.0 Å². The van der Waals surface area contributed by atoms with Crippen LogP contribution in [0.5, 0.6) is 0 Å². The van der Waals surface area contributed by atoms with Crippen LogP contribution in [0.3, 0.4) is 0 Å². The molecule has 1 aromatic carbocycles. The maximum Gasteiger partial charge on any atom is 0.0233 e. The molecule has 0 aliphatic carbocycles. The first-order valence-electron chi connectivity index (χ1n) is 6.29. The monoisotopic (exact) mass is 296 g/mol. The van der Waals surface area contributed by atoms with Crippen molar-refractivity contribution in [2.24, 2.45) is 11.7 Å². The lowest BCUT2D eigenvalue weighted by Gasteiger charge is -2.35. The van der Waals surface area contributed by atoms with Gasteiger partial charge in [-0.3, -0.25) is 4.90 Å². The minimum absolute atomic E-state index is 0.387. The van der Waals surface area contributed by atoms with Gasteiger partial charge in [-0.05, 0) is 43.0 Å². The van der Waals surface area contributed by atoms with Gasteiger partial charge in [0.2, 0.25) is 0 Å². The summed E-state index contributed by atoms with van der Waals surface area (Å²) in [6, 6.07) is 7.00. The normalized spacial score (nSPS) is 26.1. The first-order valence-corrected chi connectivity index (χ1v) is 7.08. The van der Waals surface area contributed by atoms with Gasteiger partial charge < -0.3 is 5.73 Å². The van der Waals surface area contributed by atoms with Crippen molar-refractivity contribution < 1.29 is 0 Å². The van der Waals surface area contributed by atoms with Crippen molar-refractivity contribution in [3.05, 3.63) is 33.8 Å². The van der Waals surface area contributed by atoms with Crippen LogP contribution in [0.1, 0.15) is 24.5 Å². The second-order valence-electron chi connectivity index (χ2n) is 5.25. The lowest BCUT2D eigenvalue weighted by Crippen LogP contribution is -2.45. The quantitative estimate of drug-likeness (QED) is 0.909. The van der Waals surface area contributed by atoms with E-state index in [2.05, 4.69) is 52.9 Å². The summed E-state index contributed by atoms with van der Waals surface area (Å²) in [4.78, 5) is 2.51. The van der Waals surface area contributed by atoms with E-state index in [9.17, 15) is 0 Å². The highest BCUT2D eigenvalue weighted by atomic mass is 79.9. The van der Waals surface area contributed by atoms with E-state index in [1.807, 2.05) is 0 Å². The van der Waals surface area contributed by atoms with Crippen molar-refractivity contribution in [2.75, 3.05) is 13.1 Å². The molecule has 2 nitrogen and oxygen atoms in total. The zero-order valence-corrected chi connectivity index (χ0v) is 12.2. The van der Waals surface area contributed by atoms with Gasteiger partial charge in [-0.2, -0.15) is 0 Å². The zero-order valence-electron chi connectivity index (χ0n) is 10.6. The van der Waals surface area contributed by atoms with E-state index in [0.29, 0.717) is 12.0 Å². The highest BCUT2D eigenvalue weighted by Crippen LogP contribution is 2.21. The summed E-state index contributed by atoms with van der Waals surface area (Å²) in [6.45, 7) is 7.69. The average Bonchev–Trinajstić information content (AvgIpc) is 2.29. The van der Waals surface area contributed by atoms with E-state index >= 15 is 0 Å². The third-order valence-corrected chi connectivity index (χ3v) is 4.57. The number of hydrogen-bond acceptors (Lipinski definition) is 2. The van der Waals surface area contributed by atoms with Gasteiger partial charge in [0.15, 0.2) is 0 Å². The molecule has 0 bridgehead atoms. The van der Waals surface area contributed by atoms with Gasteiger partial charge >= 0.3 is 0 Å². The predicted molar refractivity (Wildman–Crippen MR) is 75.9 cm³/mol. The fourth-order valence-electron chi connectivity index (χ4n) is 2.46. The van der Waals surface area contributed by atoms with Crippen LogP contribution < -0.4 is 5.73 Å². The Morgan fingerprint density at radius 3 is 2.88 bits per heavy atom. The van der Waals surface area contributed by atoms with Gasteiger partial charge in [-0.15, -0.1) is 0 Å². The van der Waals surface area contributed by atoms with Gasteiger partial charge in [0, 0.05) is 23.6 Å². The van der Waals surface area contributed by atoms with E-state index in [0.717, 1.165) is 26.1 Å². The molecular weight excluding hydrogens is 276 g/mol. The van der Waals surface area contributed by atoms with Gasteiger partial charge in [0.05, 0.1) is 0 Å². The fraction of sp³-hybridized carbons (Fsp3) is 0.571. The lowest BCUT2D eigenvalue weighted by atomic mass is 9.94. The van der Waals surface area contributed by atoms with Crippen molar-refractivity contribution >= 4 is 15.9 Å². The Balaban J connectivity index is 1.99. The molecule has 94 valence electrons. The predicted octanol–water partition coefficient (Wildman–Crippen LogP) is 2.93. The van der Waals surface area contributed by atoms with E-state index < -0.39 is 0 Å². The molecule has 1 aliphatic heterocycles. The smallest absolute Gasteiger partial charge is 0.0233 e. The van der Waals surface area contributed by atoms with Gasteiger partial charge in [-0.25, -0.2) is 0 Å². The van der Waals surface area contributed by atoms with Crippen LogP contribution in [0.15, 0.2) is 22.7 Å². The molecule has 0 aromatic heterocycles. The SMILES string of the molecule is Cc1cc(CN2CCC(N)C(C)C2)ccc1Br. The highest BCUT2D eigenvalue weighted by Gasteiger charge is 2.22. The van der Waals surface area contributed by atoms with Crippen molar-refractivity contribution in [1.82, 2.24) is 4.90 Å². The number of nitrogens with zero attached hydrogens (tertiary/aromatic N) is 1. The lowest BCUT2D eigenvalue weighted by molar-refractivity contribution is 0.158. The largest absolute Gasteiger partial charge is 0.327 e. The molecule has 1 saturated heterocycles. The van der Waals surface area contributed by atoms with Crippen LogP contribution in [0.2, 0.25) is 0 Å². The molecular formula is C14H21BrN2. The third-order valence-electron chi connectivity index (χ3n) is 3.68. The third kappa shape index (κ3) is 3.30. The van der Waals surface area contributed by atoms with Crippen molar-refractivity contribution in [3.8, 4) is 0 Å². The molecule has 0 radical (unpaired) electrons. The van der Waals surface area contributed by atoms with E-state index in [1.165, 1.54) is 15.6 Å². The topological polar surface area (TPSA) is 29.3 Å². The number of nitrogens with two attached hydrogens (primary N) is 1. The molecule has 1 fully saturated rings. The number of hydrogen-bond donors (Lipinski definition) is 1. The van der Waals surface area contributed by atoms with Crippen LogP contribution in [0.4, 0.5) is 0 Å². The molecule has 2 N–H and O–H groups in total. The van der Waals surface area contributed by atoms with Crippen molar-refractivity contribution in [2.45, 2.75) is 32.9 Å². The Morgan fingerprint density at radius 2 is 2.24 bits per heavy atom. The number of halogens is 1. The Bertz CT molecular complexity index is 392. The summed E-state index contributed by atoms with van der Waals surface area (Å²) < 4.78 is 1.19. The number of rotatable bonds is 2. The van der Waals surface area contributed by atoms with Gasteiger partial charge in [-0.1, -0.05) is 35.0 Å². The molecule has 17 heavy (non-hydrogen) atoms. The molecule has 3 heteroatoms. The number of piperidine rings is 1. The van der Waals surface area contributed by atoms with E-state index in [4.69, 9.17) is 5.73 Å². The summed E-state index contributed by atoms with van der Waals surface area (Å²) in [6.07, 6.45) is 1.12. The number of benzene rings is 1. The van der Waals surface area contributed by atoms with Crippen molar-refractivity contribution in [1.29, 1.82) is 0 Å². The standard InChI is InChI=1S/C14H21BrN2/c1-10-7-12(3-4-13(10)15)9-17-6-5-14(16)11(2)8-17/h3-4,7,11,14H,5-6,8-9,16H2,1-2H3. The number of likely N-dealkylation sites (tertiary alicyclic amines) is 1. The van der Waals surface area contributed by atoms with Gasteiger partial charge in [0.25, 0.3) is 0 Å². The maximum atomic E-state index is 6.04. The Morgan fingerprint density at radius 1 is 1.47 bits per heavy atom. The molecule has 1 aliphatic rings. The molecule has 0 spiro atoms. The minimum Gasteiger partial charge on any atom is -0.327 e. The van der Waals surface area contributed by atoms with E-state index in [-0.39, 0.29) is 0 Å². The molecule has 2 atom stereocenters. The van der Waals surface area contributed by atoms with Crippen LogP contribution >= 0.6 is 15.9 Å². The Labute approximate surface area is 112 Å². The molecule has 0 saturated carbocycles. The molecule has 0 amide bonds. The number of aryl methyl sites for hydroxylation is 1. The second kappa shape index (κ2) is 5.51. The van der Waals surface area contributed by atoms with Crippen LogP contribution in [0, 0.1) is 12.8 Å². The van der Waals surface area contributed by atoms with Crippen molar-refractivity contribution in [3.63, 3.8) is 0 Å². The molecule has 2 unspecified atom stereocenters. The highest BCUT2D eigenvalue weighted by molar-refractivity contribution is 9.10. The Hall–Kier alpha value is -0.380. The summed E-state index contributed by atoms with van der Waals surface area (Å²) in [7, 11) is 0. The molecule has 1 aromatic rings.